The minimum atomic E-state index is -0.589. The molecule has 0 aliphatic heterocycles. The lowest BCUT2D eigenvalue weighted by Crippen LogP contribution is -2.14. The van der Waals surface area contributed by atoms with Gasteiger partial charge in [-0.1, -0.05) is 0 Å². The molecule has 104 valence electrons. The predicted octanol–water partition coefficient (Wildman–Crippen LogP) is 2.94. The van der Waals surface area contributed by atoms with Gasteiger partial charge in [0, 0.05) is 12.6 Å². The zero-order chi connectivity index (χ0) is 14.7. The Morgan fingerprint density at radius 2 is 1.95 bits per heavy atom. The van der Waals surface area contributed by atoms with Crippen LogP contribution in [0.15, 0.2) is 34.9 Å². The van der Waals surface area contributed by atoms with E-state index in [0.717, 1.165) is 0 Å². The number of anilines is 2. The number of furan rings is 1. The molecular formula is C14H13FN2O3. The summed E-state index contributed by atoms with van der Waals surface area (Å²) < 4.78 is 18.7. The number of aryl methyl sites for hydroxylation is 1. The molecule has 0 unspecified atom stereocenters. The van der Waals surface area contributed by atoms with Gasteiger partial charge in [0.2, 0.25) is 5.91 Å². The Bertz CT molecular complexity index is 664. The molecule has 0 spiro atoms. The minimum Gasteiger partial charge on any atom is -0.469 e. The zero-order valence-corrected chi connectivity index (χ0v) is 11.0. The maximum atomic E-state index is 13.7. The molecule has 0 saturated carbocycles. The molecule has 0 atom stereocenters. The van der Waals surface area contributed by atoms with Crippen LogP contribution in [0.2, 0.25) is 0 Å². The van der Waals surface area contributed by atoms with Crippen LogP contribution < -0.4 is 10.6 Å². The van der Waals surface area contributed by atoms with E-state index in [0.29, 0.717) is 17.0 Å². The normalized spacial score (nSPS) is 10.2. The minimum absolute atomic E-state index is 0.0122. The lowest BCUT2D eigenvalue weighted by molar-refractivity contribution is -0.114. The van der Waals surface area contributed by atoms with Gasteiger partial charge in [0.05, 0.1) is 17.5 Å². The van der Waals surface area contributed by atoms with Crippen LogP contribution in [-0.4, -0.2) is 11.8 Å². The van der Waals surface area contributed by atoms with Gasteiger partial charge in [0.15, 0.2) is 0 Å². The highest BCUT2D eigenvalue weighted by molar-refractivity contribution is 6.05. The van der Waals surface area contributed by atoms with Gasteiger partial charge in [-0.3, -0.25) is 9.59 Å². The van der Waals surface area contributed by atoms with Gasteiger partial charge in [0.25, 0.3) is 5.91 Å². The summed E-state index contributed by atoms with van der Waals surface area (Å²) in [6, 6.07) is 5.43. The van der Waals surface area contributed by atoms with Crippen LogP contribution in [0.5, 0.6) is 0 Å². The van der Waals surface area contributed by atoms with Crippen LogP contribution in [-0.2, 0) is 4.79 Å². The Hall–Kier alpha value is -2.63. The Labute approximate surface area is 114 Å². The van der Waals surface area contributed by atoms with E-state index in [9.17, 15) is 14.0 Å². The van der Waals surface area contributed by atoms with Gasteiger partial charge in [-0.15, -0.1) is 0 Å². The summed E-state index contributed by atoms with van der Waals surface area (Å²) in [7, 11) is 0. The highest BCUT2D eigenvalue weighted by atomic mass is 19.1. The molecule has 2 aromatic rings. The summed E-state index contributed by atoms with van der Waals surface area (Å²) in [5, 5.41) is 4.96. The standard InChI is InChI=1S/C14H13FN2O3/c1-8-11(5-6-20-8)14(19)17-13-7-10(16-9(2)18)3-4-12(13)15/h3-7H,1-2H3,(H,16,18)(H,17,19). The smallest absolute Gasteiger partial charge is 0.259 e. The molecule has 0 fully saturated rings. The Balaban J connectivity index is 2.22. The molecule has 0 aliphatic carbocycles. The van der Waals surface area contributed by atoms with Crippen molar-refractivity contribution in [2.45, 2.75) is 13.8 Å². The van der Waals surface area contributed by atoms with Crippen molar-refractivity contribution >= 4 is 23.2 Å². The number of nitrogens with one attached hydrogen (secondary N) is 2. The molecule has 2 rings (SSSR count). The molecule has 1 heterocycles. The van der Waals surface area contributed by atoms with Crippen molar-refractivity contribution in [3.05, 3.63) is 47.7 Å². The van der Waals surface area contributed by atoms with E-state index in [2.05, 4.69) is 10.6 Å². The number of hydrogen-bond acceptors (Lipinski definition) is 3. The van der Waals surface area contributed by atoms with Crippen molar-refractivity contribution in [1.82, 2.24) is 0 Å². The molecule has 20 heavy (non-hydrogen) atoms. The zero-order valence-electron chi connectivity index (χ0n) is 11.0. The third-order valence-corrected chi connectivity index (χ3v) is 2.64. The number of rotatable bonds is 3. The maximum Gasteiger partial charge on any atom is 0.259 e. The van der Waals surface area contributed by atoms with Crippen molar-refractivity contribution in [3.8, 4) is 0 Å². The second-order valence-electron chi connectivity index (χ2n) is 4.22. The van der Waals surface area contributed by atoms with E-state index >= 15 is 0 Å². The summed E-state index contributed by atoms with van der Waals surface area (Å²) >= 11 is 0. The van der Waals surface area contributed by atoms with E-state index in [4.69, 9.17) is 4.42 Å². The Kier molecular flexibility index (Phi) is 3.84. The first-order chi connectivity index (χ1) is 9.47. The molecule has 0 radical (unpaired) electrons. The van der Waals surface area contributed by atoms with Crippen LogP contribution in [0.25, 0.3) is 0 Å². The van der Waals surface area contributed by atoms with Crippen molar-refractivity contribution in [2.75, 3.05) is 10.6 Å². The highest BCUT2D eigenvalue weighted by Crippen LogP contribution is 2.21. The van der Waals surface area contributed by atoms with Crippen LogP contribution in [0.4, 0.5) is 15.8 Å². The summed E-state index contributed by atoms with van der Waals surface area (Å²) in [4.78, 5) is 22.9. The van der Waals surface area contributed by atoms with Crippen LogP contribution in [0.3, 0.4) is 0 Å². The third-order valence-electron chi connectivity index (χ3n) is 2.64. The highest BCUT2D eigenvalue weighted by Gasteiger charge is 2.14. The lowest BCUT2D eigenvalue weighted by Gasteiger charge is -2.08. The SMILES string of the molecule is CC(=O)Nc1ccc(F)c(NC(=O)c2ccoc2C)c1. The van der Waals surface area contributed by atoms with Crippen molar-refractivity contribution in [2.24, 2.45) is 0 Å². The largest absolute Gasteiger partial charge is 0.469 e. The predicted molar refractivity (Wildman–Crippen MR) is 72.1 cm³/mol. The molecule has 2 N–H and O–H groups in total. The summed E-state index contributed by atoms with van der Waals surface area (Å²) in [5.74, 6) is -0.899. The fraction of sp³-hybridized carbons (Fsp3) is 0.143. The lowest BCUT2D eigenvalue weighted by atomic mass is 10.2. The Morgan fingerprint density at radius 3 is 2.55 bits per heavy atom. The number of carbonyl (C=O) groups excluding carboxylic acids is 2. The van der Waals surface area contributed by atoms with Crippen molar-refractivity contribution < 1.29 is 18.4 Å². The van der Waals surface area contributed by atoms with E-state index < -0.39 is 11.7 Å². The average molecular weight is 276 g/mol. The van der Waals surface area contributed by atoms with E-state index in [-0.39, 0.29) is 11.6 Å². The Morgan fingerprint density at radius 1 is 1.20 bits per heavy atom. The summed E-state index contributed by atoms with van der Waals surface area (Å²) in [6.45, 7) is 2.98. The second-order valence-corrected chi connectivity index (χ2v) is 4.22. The third kappa shape index (κ3) is 3.03. The average Bonchev–Trinajstić information content (AvgIpc) is 2.79. The molecule has 1 aromatic carbocycles. The first kappa shape index (κ1) is 13.8. The number of amides is 2. The van der Waals surface area contributed by atoms with Gasteiger partial charge in [0.1, 0.15) is 11.6 Å². The van der Waals surface area contributed by atoms with Crippen molar-refractivity contribution in [1.29, 1.82) is 0 Å². The van der Waals surface area contributed by atoms with E-state index in [1.807, 2.05) is 0 Å². The number of hydrogen-bond donors (Lipinski definition) is 2. The van der Waals surface area contributed by atoms with Gasteiger partial charge >= 0.3 is 0 Å². The van der Waals surface area contributed by atoms with Gasteiger partial charge in [-0.05, 0) is 31.2 Å². The quantitative estimate of drug-likeness (QED) is 0.905. The number of carbonyl (C=O) groups is 2. The molecule has 0 aliphatic rings. The van der Waals surface area contributed by atoms with E-state index in [1.165, 1.54) is 37.5 Å². The molecule has 0 saturated heterocycles. The molecule has 6 heteroatoms. The topological polar surface area (TPSA) is 71.3 Å². The fourth-order valence-corrected chi connectivity index (χ4v) is 1.71. The van der Waals surface area contributed by atoms with Gasteiger partial charge in [-0.25, -0.2) is 4.39 Å². The molecule has 2 amide bonds. The summed E-state index contributed by atoms with van der Waals surface area (Å²) in [5.41, 5.74) is 0.717. The van der Waals surface area contributed by atoms with Crippen LogP contribution in [0, 0.1) is 12.7 Å². The fourth-order valence-electron chi connectivity index (χ4n) is 1.71. The molecule has 0 bridgehead atoms. The van der Waals surface area contributed by atoms with Gasteiger partial charge in [-0.2, -0.15) is 0 Å². The van der Waals surface area contributed by atoms with E-state index in [1.54, 1.807) is 6.92 Å². The second kappa shape index (κ2) is 5.56. The summed E-state index contributed by atoms with van der Waals surface area (Å²) in [6.07, 6.45) is 1.38. The van der Waals surface area contributed by atoms with Crippen molar-refractivity contribution in [3.63, 3.8) is 0 Å². The number of halogens is 1. The first-order valence-corrected chi connectivity index (χ1v) is 5.90. The van der Waals surface area contributed by atoms with Crippen LogP contribution >= 0.6 is 0 Å². The number of benzene rings is 1. The first-order valence-electron chi connectivity index (χ1n) is 5.90. The molecular weight excluding hydrogens is 263 g/mol. The maximum absolute atomic E-state index is 13.7. The monoisotopic (exact) mass is 276 g/mol. The molecule has 1 aromatic heterocycles. The van der Waals surface area contributed by atoms with Crippen LogP contribution in [0.1, 0.15) is 23.0 Å². The molecule has 5 nitrogen and oxygen atoms in total. The van der Waals surface area contributed by atoms with Gasteiger partial charge < -0.3 is 15.1 Å².